The molecule has 0 radical (unpaired) electrons. The number of nitrogens with one attached hydrogen (secondary N) is 1. The molecule has 1 saturated heterocycles. The normalized spacial score (nSPS) is 16.6. The molecule has 2 aromatic rings. The van der Waals surface area contributed by atoms with Crippen LogP contribution < -0.4 is 5.32 Å². The summed E-state index contributed by atoms with van der Waals surface area (Å²) in [5, 5.41) is 12.2. The molecule has 1 aliphatic rings. The van der Waals surface area contributed by atoms with E-state index in [0.717, 1.165) is 18.4 Å². The van der Waals surface area contributed by atoms with Gasteiger partial charge in [-0.05, 0) is 62.6 Å². The zero-order valence-corrected chi connectivity index (χ0v) is 25.8. The van der Waals surface area contributed by atoms with Gasteiger partial charge in [-0.3, -0.25) is 13.9 Å². The summed E-state index contributed by atoms with van der Waals surface area (Å²) >= 11 is 0. The minimum absolute atomic E-state index is 0.0265. The Morgan fingerprint density at radius 3 is 2.59 bits per heavy atom. The molecule has 2 N–H and O–H groups in total. The Labute approximate surface area is 257 Å². The standard InChI is InChI=1S/C30H41N2O11P/c1-2-3-13-23(42-29(36)26-16-10-19-39-26)21-41-44(38)43-25(27(33)32-18-9-14-24(32)28(34)35)15-7-8-17-31-30(37)40-20-22-11-5-4-6-12-22/h4-6,10-12,16,19,23-25,44H,2-3,7-9,13-15,17-18,20-21H2,1H3,(H,31,37)(H,34,35)/t23?,24-,25-/m0/s1. The van der Waals surface area contributed by atoms with Gasteiger partial charge in [-0.25, -0.2) is 14.4 Å². The van der Waals surface area contributed by atoms with E-state index >= 15 is 0 Å². The summed E-state index contributed by atoms with van der Waals surface area (Å²) in [6.45, 7) is 2.39. The van der Waals surface area contributed by atoms with Gasteiger partial charge in [0, 0.05) is 13.1 Å². The number of carbonyl (C=O) groups excluding carboxylic acids is 3. The molecule has 1 fully saturated rings. The lowest BCUT2D eigenvalue weighted by atomic mass is 10.1. The van der Waals surface area contributed by atoms with Crippen molar-refractivity contribution in [1.29, 1.82) is 0 Å². The summed E-state index contributed by atoms with van der Waals surface area (Å²) in [6.07, 6.45) is 2.65. The molecule has 0 bridgehead atoms. The number of esters is 1. The molecule has 4 atom stereocenters. The number of nitrogens with zero attached hydrogens (tertiary/aromatic N) is 1. The van der Waals surface area contributed by atoms with E-state index in [1.807, 2.05) is 37.3 Å². The van der Waals surface area contributed by atoms with Crippen LogP contribution in [0.2, 0.25) is 0 Å². The zero-order chi connectivity index (χ0) is 31.7. The summed E-state index contributed by atoms with van der Waals surface area (Å²) < 4.78 is 39.6. The number of carbonyl (C=O) groups is 4. The fourth-order valence-electron chi connectivity index (χ4n) is 4.65. The molecular weight excluding hydrogens is 595 g/mol. The monoisotopic (exact) mass is 636 g/mol. The first-order valence-corrected chi connectivity index (χ1v) is 16.1. The molecule has 3 rings (SSSR count). The number of ether oxygens (including phenoxy) is 2. The second-order valence-corrected chi connectivity index (χ2v) is 11.4. The van der Waals surface area contributed by atoms with E-state index in [1.54, 1.807) is 6.07 Å². The lowest BCUT2D eigenvalue weighted by Crippen LogP contribution is -2.45. The maximum absolute atomic E-state index is 13.3. The number of unbranched alkanes of at least 4 members (excludes halogenated alkanes) is 2. The summed E-state index contributed by atoms with van der Waals surface area (Å²) in [4.78, 5) is 50.6. The van der Waals surface area contributed by atoms with E-state index in [2.05, 4.69) is 5.32 Å². The van der Waals surface area contributed by atoms with Gasteiger partial charge in [-0.15, -0.1) is 0 Å². The van der Waals surface area contributed by atoms with Crippen LogP contribution in [-0.2, 0) is 39.3 Å². The average Bonchev–Trinajstić information content (AvgIpc) is 3.74. The van der Waals surface area contributed by atoms with Crippen LogP contribution in [0.25, 0.3) is 0 Å². The molecule has 2 heterocycles. The van der Waals surface area contributed by atoms with Gasteiger partial charge in [0.05, 0.1) is 12.9 Å². The molecule has 14 heteroatoms. The van der Waals surface area contributed by atoms with E-state index in [9.17, 15) is 28.8 Å². The molecule has 1 aromatic carbocycles. The number of carboxylic acid groups (broad SMARTS) is 1. The highest BCUT2D eigenvalue weighted by Crippen LogP contribution is 2.31. The fraction of sp³-hybridized carbons (Fsp3) is 0.533. The zero-order valence-electron chi connectivity index (χ0n) is 24.8. The predicted octanol–water partition coefficient (Wildman–Crippen LogP) is 4.96. The Hall–Kier alpha value is -3.67. The molecule has 2 unspecified atom stereocenters. The molecule has 13 nitrogen and oxygen atoms in total. The number of amides is 2. The van der Waals surface area contributed by atoms with Crippen LogP contribution >= 0.6 is 8.25 Å². The highest BCUT2D eigenvalue weighted by atomic mass is 31.1. The number of benzene rings is 1. The SMILES string of the molecule is CCCCC(CO[PH](=O)O[C@@H](CCCCNC(=O)OCc1ccccc1)C(=O)N1CCC[C@H]1C(=O)O)OC(=O)c1ccco1. The van der Waals surface area contributed by atoms with Gasteiger partial charge in [-0.1, -0.05) is 43.7 Å². The number of aliphatic carboxylic acids is 1. The smallest absolute Gasteiger partial charge is 0.407 e. The van der Waals surface area contributed by atoms with E-state index in [1.165, 1.54) is 17.2 Å². The predicted molar refractivity (Wildman–Crippen MR) is 158 cm³/mol. The maximum Gasteiger partial charge on any atom is 0.407 e. The van der Waals surface area contributed by atoms with E-state index in [4.69, 9.17) is 22.9 Å². The molecular formula is C30H41N2O11P. The largest absolute Gasteiger partial charge is 0.480 e. The minimum Gasteiger partial charge on any atom is -0.480 e. The summed E-state index contributed by atoms with van der Waals surface area (Å²) in [6, 6.07) is 11.3. The third-order valence-corrected chi connectivity index (χ3v) is 7.85. The first kappa shape index (κ1) is 34.8. The maximum atomic E-state index is 13.3. The van der Waals surface area contributed by atoms with Crippen LogP contribution in [0.1, 0.15) is 74.4 Å². The highest BCUT2D eigenvalue weighted by molar-refractivity contribution is 7.33. The molecule has 44 heavy (non-hydrogen) atoms. The van der Waals surface area contributed by atoms with E-state index in [-0.39, 0.29) is 38.5 Å². The molecule has 0 saturated carbocycles. The topological polar surface area (TPSA) is 171 Å². The quantitative estimate of drug-likeness (QED) is 0.121. The third kappa shape index (κ3) is 11.8. The first-order chi connectivity index (χ1) is 21.3. The van der Waals surface area contributed by atoms with Crippen molar-refractivity contribution in [3.8, 4) is 0 Å². The van der Waals surface area contributed by atoms with Crippen molar-refractivity contribution in [1.82, 2.24) is 10.2 Å². The number of hydrogen-bond donors (Lipinski definition) is 2. The van der Waals surface area contributed by atoms with Gasteiger partial charge in [0.25, 0.3) is 5.91 Å². The van der Waals surface area contributed by atoms with Crippen molar-refractivity contribution < 1.29 is 51.8 Å². The van der Waals surface area contributed by atoms with E-state index in [0.29, 0.717) is 32.1 Å². The van der Waals surface area contributed by atoms with Gasteiger partial charge in [0.1, 0.15) is 24.9 Å². The molecule has 2 amide bonds. The van der Waals surface area contributed by atoms with Crippen molar-refractivity contribution in [2.45, 2.75) is 83.1 Å². The van der Waals surface area contributed by atoms with Gasteiger partial charge in [0.2, 0.25) is 5.76 Å². The molecule has 0 aliphatic carbocycles. The lowest BCUT2D eigenvalue weighted by Gasteiger charge is -2.26. The molecule has 0 spiro atoms. The lowest BCUT2D eigenvalue weighted by molar-refractivity contribution is -0.151. The second kappa shape index (κ2) is 18.9. The summed E-state index contributed by atoms with van der Waals surface area (Å²) in [5.74, 6) is -2.36. The summed E-state index contributed by atoms with van der Waals surface area (Å²) in [5.41, 5.74) is 0.854. The number of rotatable bonds is 19. The van der Waals surface area contributed by atoms with Gasteiger partial charge >= 0.3 is 26.3 Å². The Balaban J connectivity index is 1.51. The summed E-state index contributed by atoms with van der Waals surface area (Å²) in [7, 11) is -3.24. The van der Waals surface area contributed by atoms with Gasteiger partial charge < -0.3 is 33.7 Å². The number of hydrogen-bond acceptors (Lipinski definition) is 10. The number of likely N-dealkylation sites (tertiary alicyclic amines) is 1. The second-order valence-electron chi connectivity index (χ2n) is 10.3. The molecule has 1 aromatic heterocycles. The van der Waals surface area contributed by atoms with Crippen molar-refractivity contribution in [3.05, 3.63) is 60.1 Å². The van der Waals surface area contributed by atoms with Crippen molar-refractivity contribution >= 4 is 32.2 Å². The third-order valence-electron chi connectivity index (χ3n) is 6.97. The Kier molecular flexibility index (Phi) is 14.9. The Morgan fingerprint density at radius 1 is 1.09 bits per heavy atom. The van der Waals surface area contributed by atoms with Crippen molar-refractivity contribution in [2.75, 3.05) is 19.7 Å². The van der Waals surface area contributed by atoms with Gasteiger partial charge in [0.15, 0.2) is 0 Å². The van der Waals surface area contributed by atoms with Crippen molar-refractivity contribution in [2.24, 2.45) is 0 Å². The van der Waals surface area contributed by atoms with Crippen molar-refractivity contribution in [3.63, 3.8) is 0 Å². The number of furan rings is 1. The van der Waals surface area contributed by atoms with Crippen LogP contribution in [-0.4, -0.2) is 71.9 Å². The highest BCUT2D eigenvalue weighted by Gasteiger charge is 2.38. The average molecular weight is 637 g/mol. The molecule has 1 aliphatic heterocycles. The van der Waals surface area contributed by atoms with Crippen LogP contribution in [0.4, 0.5) is 4.79 Å². The van der Waals surface area contributed by atoms with E-state index < -0.39 is 50.4 Å². The van der Waals surface area contributed by atoms with Crippen LogP contribution in [0.3, 0.4) is 0 Å². The fourth-order valence-corrected chi connectivity index (χ4v) is 5.49. The Morgan fingerprint density at radius 2 is 1.89 bits per heavy atom. The number of alkyl carbamates (subject to hydrolysis) is 1. The minimum atomic E-state index is -3.24. The Bertz CT molecular complexity index is 1210. The van der Waals surface area contributed by atoms with Gasteiger partial charge in [-0.2, -0.15) is 0 Å². The number of carboxylic acids is 1. The van der Waals surface area contributed by atoms with Crippen LogP contribution in [0.15, 0.2) is 53.1 Å². The van der Waals surface area contributed by atoms with Crippen LogP contribution in [0, 0.1) is 0 Å². The first-order valence-electron chi connectivity index (χ1n) is 14.8. The van der Waals surface area contributed by atoms with Crippen LogP contribution in [0.5, 0.6) is 0 Å². The molecule has 242 valence electrons.